The predicted octanol–water partition coefficient (Wildman–Crippen LogP) is -0.351. The molecule has 2 unspecified atom stereocenters. The van der Waals surface area contributed by atoms with Crippen molar-refractivity contribution < 1.29 is 19.5 Å². The zero-order valence-electron chi connectivity index (χ0n) is 13.0. The van der Waals surface area contributed by atoms with Crippen LogP contribution in [0.1, 0.15) is 24.0 Å². The summed E-state index contributed by atoms with van der Waals surface area (Å²) in [4.78, 5) is 34.6. The highest BCUT2D eigenvalue weighted by Crippen LogP contribution is 2.32. The van der Waals surface area contributed by atoms with Gasteiger partial charge in [-0.2, -0.15) is 5.10 Å². The van der Waals surface area contributed by atoms with Gasteiger partial charge < -0.3 is 27.2 Å². The third-order valence-electron chi connectivity index (χ3n) is 3.85. The van der Waals surface area contributed by atoms with Crippen LogP contribution in [-0.4, -0.2) is 34.9 Å². The third-order valence-corrected chi connectivity index (χ3v) is 3.85. The Labute approximate surface area is 139 Å². The molecule has 0 aliphatic rings. The monoisotopic (exact) mass is 332 g/mol. The highest BCUT2D eigenvalue weighted by molar-refractivity contribution is 6.10. The molecule has 1 aromatic carbocycles. The van der Waals surface area contributed by atoms with Gasteiger partial charge in [-0.15, -0.1) is 6.58 Å². The molecule has 8 heteroatoms. The fourth-order valence-electron chi connectivity index (χ4n) is 2.35. The first kappa shape index (κ1) is 19.2. The average molecular weight is 332 g/mol. The number of carboxylic acids is 1. The van der Waals surface area contributed by atoms with Gasteiger partial charge in [-0.25, -0.2) is 4.79 Å². The van der Waals surface area contributed by atoms with Gasteiger partial charge >= 0.3 is 5.97 Å². The number of nitrogens with zero attached hydrogens (tertiary/aromatic N) is 1. The summed E-state index contributed by atoms with van der Waals surface area (Å²) < 4.78 is 0. The van der Waals surface area contributed by atoms with Gasteiger partial charge in [0.1, 0.15) is 6.29 Å². The van der Waals surface area contributed by atoms with E-state index in [1.165, 1.54) is 18.3 Å². The van der Waals surface area contributed by atoms with Crippen LogP contribution in [0.2, 0.25) is 0 Å². The number of rotatable bonds is 9. The number of benzene rings is 1. The van der Waals surface area contributed by atoms with E-state index in [4.69, 9.17) is 17.3 Å². The van der Waals surface area contributed by atoms with Crippen molar-refractivity contribution in [3.05, 3.63) is 48.0 Å². The Kier molecular flexibility index (Phi) is 6.10. The molecule has 128 valence electrons. The van der Waals surface area contributed by atoms with Crippen LogP contribution in [0.15, 0.2) is 42.0 Å². The van der Waals surface area contributed by atoms with Crippen molar-refractivity contribution in [3.63, 3.8) is 0 Å². The second-order valence-corrected chi connectivity index (χ2v) is 5.22. The second kappa shape index (κ2) is 7.62. The van der Waals surface area contributed by atoms with Crippen LogP contribution in [0.25, 0.3) is 0 Å². The molecule has 0 radical (unpaired) electrons. The van der Waals surface area contributed by atoms with Gasteiger partial charge in [0.15, 0.2) is 11.3 Å². The predicted molar refractivity (Wildman–Crippen MR) is 89.1 cm³/mol. The molecule has 24 heavy (non-hydrogen) atoms. The van der Waals surface area contributed by atoms with Crippen molar-refractivity contribution in [2.75, 3.05) is 0 Å². The molecular formula is C16H20N4O4. The number of aldehydes is 1. The van der Waals surface area contributed by atoms with Crippen molar-refractivity contribution in [1.82, 2.24) is 0 Å². The van der Waals surface area contributed by atoms with Gasteiger partial charge in [-0.3, -0.25) is 4.79 Å². The summed E-state index contributed by atoms with van der Waals surface area (Å²) in [5.41, 5.74) is 8.71. The van der Waals surface area contributed by atoms with E-state index >= 15 is 0 Å². The van der Waals surface area contributed by atoms with E-state index < -0.39 is 22.8 Å². The molecule has 0 saturated heterocycles. The van der Waals surface area contributed by atoms with E-state index in [0.29, 0.717) is 11.8 Å². The number of carboxylic acid groups (broad SMARTS) is 1. The van der Waals surface area contributed by atoms with Gasteiger partial charge in [0.05, 0.1) is 11.8 Å². The maximum Gasteiger partial charge on any atom is 0.334 e. The van der Waals surface area contributed by atoms with E-state index in [9.17, 15) is 19.5 Å². The normalized spacial score (nSPS) is 16.1. The summed E-state index contributed by atoms with van der Waals surface area (Å²) in [5.74, 6) is 2.60. The maximum absolute atomic E-state index is 12.4. The van der Waals surface area contributed by atoms with Gasteiger partial charge in [0, 0.05) is 12.8 Å². The minimum absolute atomic E-state index is 0.149. The van der Waals surface area contributed by atoms with E-state index in [0.717, 1.165) is 6.08 Å². The first-order chi connectivity index (χ1) is 11.3. The molecule has 2 atom stereocenters. The molecular weight excluding hydrogens is 312 g/mol. The lowest BCUT2D eigenvalue weighted by atomic mass is 9.69. The Hall–Kier alpha value is -2.84. The van der Waals surface area contributed by atoms with Crippen molar-refractivity contribution >= 4 is 24.3 Å². The second-order valence-electron chi connectivity index (χ2n) is 5.22. The lowest BCUT2D eigenvalue weighted by Crippen LogP contribution is -2.71. The van der Waals surface area contributed by atoms with Crippen molar-refractivity contribution in [3.8, 4) is 0 Å². The number of carbonyl (C=O) groups excluding carboxylic acids is 2. The number of hydrogen-bond donors (Lipinski definition) is 4. The van der Waals surface area contributed by atoms with Crippen LogP contribution in [0.5, 0.6) is 0 Å². The van der Waals surface area contributed by atoms with Crippen LogP contribution in [0.4, 0.5) is 0 Å². The van der Waals surface area contributed by atoms with Crippen LogP contribution < -0.4 is 17.3 Å². The lowest BCUT2D eigenvalue weighted by molar-refractivity contribution is -0.151. The fraction of sp³-hybridized carbons (Fsp3) is 0.250. The quantitative estimate of drug-likeness (QED) is 0.120. The smallest absolute Gasteiger partial charge is 0.334 e. The van der Waals surface area contributed by atoms with Crippen LogP contribution >= 0.6 is 0 Å². The fourth-order valence-corrected chi connectivity index (χ4v) is 2.35. The summed E-state index contributed by atoms with van der Waals surface area (Å²) >= 11 is 0. The maximum atomic E-state index is 12.4. The Balaban J connectivity index is 3.44. The summed E-state index contributed by atoms with van der Waals surface area (Å²) in [7, 11) is 0. The van der Waals surface area contributed by atoms with E-state index in [-0.39, 0.29) is 18.4 Å². The number of Topliss-reactive ketones (excluding diaryl/α,β-unsaturated/α-hetero) is 1. The number of nitrogens with two attached hydrogens (primary N) is 3. The largest absolute Gasteiger partial charge is 0.479 e. The Bertz CT molecular complexity index is 671. The molecule has 0 aliphatic carbocycles. The standard InChI is InChI=1S/C16H20N4O4/c1-2-15(17,12-7-5-11(6-8-12)10-20-19)16(18,14(23)24)13(22)4-3-9-21/h2,5-10H,1,3-4,17-19H2,(H,23,24). The van der Waals surface area contributed by atoms with Gasteiger partial charge in [0.2, 0.25) is 0 Å². The zero-order chi connectivity index (χ0) is 18.4. The summed E-state index contributed by atoms with van der Waals surface area (Å²) in [5, 5.41) is 12.9. The topological polar surface area (TPSA) is 162 Å². The highest BCUT2D eigenvalue weighted by Gasteiger charge is 2.56. The Morgan fingerprint density at radius 3 is 2.25 bits per heavy atom. The molecule has 0 aromatic heterocycles. The minimum atomic E-state index is -2.47. The van der Waals surface area contributed by atoms with Crippen molar-refractivity contribution in [2.45, 2.75) is 23.9 Å². The summed E-state index contributed by atoms with van der Waals surface area (Å²) in [6.07, 6.45) is 2.53. The van der Waals surface area contributed by atoms with Crippen LogP contribution in [-0.2, 0) is 19.9 Å². The van der Waals surface area contributed by atoms with E-state index in [1.807, 2.05) is 0 Å². The zero-order valence-corrected chi connectivity index (χ0v) is 13.0. The van der Waals surface area contributed by atoms with Gasteiger partial charge in [-0.05, 0) is 11.1 Å². The molecule has 8 nitrogen and oxygen atoms in total. The number of ketones is 1. The minimum Gasteiger partial charge on any atom is -0.479 e. The molecule has 0 aliphatic heterocycles. The molecule has 7 N–H and O–H groups in total. The molecule has 0 fully saturated rings. The summed E-state index contributed by atoms with van der Waals surface area (Å²) in [6.45, 7) is 3.54. The Morgan fingerprint density at radius 1 is 1.25 bits per heavy atom. The van der Waals surface area contributed by atoms with Gasteiger partial charge in [-0.1, -0.05) is 30.3 Å². The van der Waals surface area contributed by atoms with E-state index in [2.05, 4.69) is 11.7 Å². The first-order valence-corrected chi connectivity index (χ1v) is 7.03. The van der Waals surface area contributed by atoms with Crippen molar-refractivity contribution in [1.29, 1.82) is 0 Å². The molecule has 1 aromatic rings. The molecule has 0 saturated carbocycles. The summed E-state index contributed by atoms with van der Waals surface area (Å²) in [6, 6.07) is 6.20. The van der Waals surface area contributed by atoms with Crippen LogP contribution in [0, 0.1) is 0 Å². The average Bonchev–Trinajstić information content (AvgIpc) is 2.58. The van der Waals surface area contributed by atoms with Gasteiger partial charge in [0.25, 0.3) is 0 Å². The molecule has 1 rings (SSSR count). The number of hydrogen-bond acceptors (Lipinski definition) is 7. The van der Waals surface area contributed by atoms with E-state index in [1.54, 1.807) is 12.1 Å². The molecule has 0 spiro atoms. The van der Waals surface area contributed by atoms with Crippen molar-refractivity contribution in [2.24, 2.45) is 22.4 Å². The number of hydrazone groups is 1. The molecule has 0 bridgehead atoms. The highest BCUT2D eigenvalue weighted by atomic mass is 16.4. The molecule has 0 heterocycles. The lowest BCUT2D eigenvalue weighted by Gasteiger charge is -2.40. The first-order valence-electron chi connectivity index (χ1n) is 7.03. The van der Waals surface area contributed by atoms with Crippen LogP contribution in [0.3, 0.4) is 0 Å². The molecule has 0 amide bonds. The SMILES string of the molecule is C=CC(N)(c1ccc(C=NN)cc1)C(N)(C(=O)O)C(=O)CCC=O. The number of aliphatic carboxylic acids is 1. The third kappa shape index (κ3) is 3.24. The Morgan fingerprint density at radius 2 is 1.83 bits per heavy atom. The number of carbonyl (C=O) groups is 3.